The number of halogens is 2. The third kappa shape index (κ3) is 30.5. The van der Waals surface area contributed by atoms with E-state index in [0.717, 1.165) is 38.5 Å². The van der Waals surface area contributed by atoms with Crippen molar-refractivity contribution in [2.45, 2.75) is 218 Å². The fourth-order valence-corrected chi connectivity index (χ4v) is 7.33. The van der Waals surface area contributed by atoms with Gasteiger partial charge in [-0.25, -0.2) is 0 Å². The number of unbranched alkanes of at least 4 members (excludes halogenated alkanes) is 25. The van der Waals surface area contributed by atoms with E-state index in [1.807, 2.05) is 0 Å². The van der Waals surface area contributed by atoms with Gasteiger partial charge in [0.25, 0.3) is 0 Å². The zero-order valence-corrected chi connectivity index (χ0v) is 35.4. The average Bonchev–Trinajstić information content (AvgIpc) is 3.07. The van der Waals surface area contributed by atoms with Crippen molar-refractivity contribution in [2.24, 2.45) is 0 Å². The topological polar surface area (TPSA) is 98.7 Å². The van der Waals surface area contributed by atoms with Crippen LogP contribution >= 0.6 is 7.60 Å². The lowest BCUT2D eigenvalue weighted by molar-refractivity contribution is -0.870. The Kier molecular flexibility index (Phi) is 31.9. The maximum absolute atomic E-state index is 15.2. The molecule has 0 saturated carbocycles. The normalized spacial score (nSPS) is 14.9. The monoisotopic (exact) mass is 765 g/mol. The van der Waals surface area contributed by atoms with E-state index >= 15 is 8.78 Å². The molecular formula is C42H83F2N2O5P. The van der Waals surface area contributed by atoms with Gasteiger partial charge in [-0.15, -0.1) is 0 Å². The van der Waals surface area contributed by atoms with Crippen LogP contribution in [-0.2, 0) is 13.9 Å². The number of allylic oxidation sites excluding steroid dienone is 1. The van der Waals surface area contributed by atoms with E-state index < -0.39 is 37.7 Å². The van der Waals surface area contributed by atoms with Gasteiger partial charge >= 0.3 is 5.66 Å². The van der Waals surface area contributed by atoms with Crippen LogP contribution in [0.4, 0.5) is 8.78 Å². The predicted molar refractivity (Wildman–Crippen MR) is 214 cm³/mol. The fraction of sp³-hybridized carbons (Fsp3) is 0.929. The molecule has 7 nitrogen and oxygen atoms in total. The molecule has 0 radical (unpaired) electrons. The zero-order valence-electron chi connectivity index (χ0n) is 34.5. The maximum Gasteiger partial charge on any atom is 0.311 e. The highest BCUT2D eigenvalue weighted by Crippen LogP contribution is 2.56. The minimum Gasteiger partial charge on any atom is -0.774 e. The van der Waals surface area contributed by atoms with E-state index in [2.05, 4.69) is 19.2 Å². The molecule has 0 aliphatic rings. The van der Waals surface area contributed by atoms with Crippen LogP contribution in [0.15, 0.2) is 12.2 Å². The first kappa shape index (κ1) is 51.1. The van der Waals surface area contributed by atoms with Crippen LogP contribution in [0.5, 0.6) is 0 Å². The molecule has 1 amide bonds. The van der Waals surface area contributed by atoms with Gasteiger partial charge in [0.05, 0.1) is 33.3 Å². The van der Waals surface area contributed by atoms with Gasteiger partial charge in [-0.05, 0) is 19.3 Å². The highest BCUT2D eigenvalue weighted by Gasteiger charge is 2.46. The van der Waals surface area contributed by atoms with Gasteiger partial charge < -0.3 is 28.9 Å². The third-order valence-electron chi connectivity index (χ3n) is 9.96. The minimum absolute atomic E-state index is 0.143. The van der Waals surface area contributed by atoms with Gasteiger partial charge in [-0.2, -0.15) is 8.78 Å². The summed E-state index contributed by atoms with van der Waals surface area (Å²) in [6.07, 6.45) is 32.7. The van der Waals surface area contributed by atoms with Crippen molar-refractivity contribution in [3.8, 4) is 0 Å². The number of alkyl halides is 2. The Morgan fingerprint density at radius 3 is 1.52 bits per heavy atom. The summed E-state index contributed by atoms with van der Waals surface area (Å²) in [4.78, 5) is 25.4. The molecule has 52 heavy (non-hydrogen) atoms. The second kappa shape index (κ2) is 32.4. The molecule has 0 aromatic heterocycles. The second-order valence-corrected chi connectivity index (χ2v) is 18.2. The first-order valence-electron chi connectivity index (χ1n) is 21.5. The summed E-state index contributed by atoms with van der Waals surface area (Å²) in [6.45, 7) is 4.33. The third-order valence-corrected chi connectivity index (χ3v) is 11.5. The Bertz CT molecular complexity index is 915. The van der Waals surface area contributed by atoms with E-state index in [-0.39, 0.29) is 19.6 Å². The SMILES string of the molecule is CCCCCCCCCCCCC/C=C/[C@@H](O)[C@H](CC(F)(F)P(=O)([O-])OCC[N+](C)(C)C)NC(=O)CCCCCCCCCCCCCCCCC. The number of carbonyl (C=O) groups is 1. The molecule has 0 aliphatic carbocycles. The van der Waals surface area contributed by atoms with Crippen molar-refractivity contribution >= 4 is 13.5 Å². The van der Waals surface area contributed by atoms with Gasteiger partial charge in [0.2, 0.25) is 13.5 Å². The Balaban J connectivity index is 4.72. The average molecular weight is 765 g/mol. The number of rotatable bonds is 38. The van der Waals surface area contributed by atoms with Crippen molar-refractivity contribution in [1.82, 2.24) is 5.32 Å². The van der Waals surface area contributed by atoms with Gasteiger partial charge in [-0.3, -0.25) is 4.79 Å². The van der Waals surface area contributed by atoms with Crippen LogP contribution in [0.1, 0.15) is 200 Å². The molecular weight excluding hydrogens is 681 g/mol. The number of quaternary nitrogens is 1. The number of nitrogens with zero attached hydrogens (tertiary/aromatic N) is 1. The highest BCUT2D eigenvalue weighted by atomic mass is 31.2. The lowest BCUT2D eigenvalue weighted by Crippen LogP contribution is -2.47. The van der Waals surface area contributed by atoms with Crippen molar-refractivity contribution in [1.29, 1.82) is 0 Å². The standard InChI is InChI=1S/C42H83F2N2O5P/c1-6-8-10-12-14-16-18-20-21-23-25-27-29-31-33-35-41(48)45-39(38-42(43,44)52(49,50)51-37-36-46(3,4)5)40(47)34-32-30-28-26-24-22-19-17-15-13-11-9-7-2/h32,34,39-40,47H,6-31,33,35-38H2,1-5H3,(H-,45,48,49,50)/b34-32+/t39-,40+/m0/s1. The number of hydrogen-bond donors (Lipinski definition) is 2. The second-order valence-electron chi connectivity index (χ2n) is 16.3. The number of nitrogens with one attached hydrogen (secondary N) is 1. The fourth-order valence-electron chi connectivity index (χ4n) is 6.39. The molecule has 0 aromatic rings. The summed E-state index contributed by atoms with van der Waals surface area (Å²) in [6, 6.07) is -1.46. The molecule has 0 bridgehead atoms. The van der Waals surface area contributed by atoms with Crippen LogP contribution in [-0.4, -0.2) is 67.6 Å². The van der Waals surface area contributed by atoms with Gasteiger partial charge in [0.15, 0.2) is 0 Å². The van der Waals surface area contributed by atoms with Crippen molar-refractivity contribution in [3.63, 3.8) is 0 Å². The molecule has 0 fully saturated rings. The van der Waals surface area contributed by atoms with Crippen molar-refractivity contribution in [3.05, 3.63) is 12.2 Å². The molecule has 2 N–H and O–H groups in total. The number of aliphatic hydroxyl groups excluding tert-OH is 1. The van der Waals surface area contributed by atoms with Crippen LogP contribution in [0, 0.1) is 0 Å². The number of hydrogen-bond acceptors (Lipinski definition) is 5. The van der Waals surface area contributed by atoms with Gasteiger partial charge in [0.1, 0.15) is 13.2 Å². The van der Waals surface area contributed by atoms with E-state index in [4.69, 9.17) is 4.52 Å². The lowest BCUT2D eigenvalue weighted by Gasteiger charge is -2.35. The molecule has 0 aliphatic heterocycles. The summed E-state index contributed by atoms with van der Waals surface area (Å²) in [5.74, 6) is -0.458. The number of carbonyl (C=O) groups excluding carboxylic acids is 1. The summed E-state index contributed by atoms with van der Waals surface area (Å²) in [5.41, 5.74) is -4.25. The molecule has 10 heteroatoms. The van der Waals surface area contributed by atoms with Crippen LogP contribution in [0.25, 0.3) is 0 Å². The number of aliphatic hydroxyl groups is 1. The first-order chi connectivity index (χ1) is 24.8. The summed E-state index contributed by atoms with van der Waals surface area (Å²) < 4.78 is 48.0. The van der Waals surface area contributed by atoms with E-state index in [0.29, 0.717) is 17.3 Å². The van der Waals surface area contributed by atoms with Crippen molar-refractivity contribution < 1.29 is 37.1 Å². The van der Waals surface area contributed by atoms with Gasteiger partial charge in [0, 0.05) is 12.8 Å². The van der Waals surface area contributed by atoms with E-state index in [9.17, 15) is 19.4 Å². The molecule has 0 rings (SSSR count). The lowest BCUT2D eigenvalue weighted by atomic mass is 10.0. The maximum atomic E-state index is 15.2. The van der Waals surface area contributed by atoms with Crippen LogP contribution < -0.4 is 10.2 Å². The Hall–Kier alpha value is -0.860. The van der Waals surface area contributed by atoms with E-state index in [1.165, 1.54) is 128 Å². The summed E-state index contributed by atoms with van der Waals surface area (Å²) in [7, 11) is -0.193. The molecule has 3 atom stereocenters. The molecule has 0 spiro atoms. The van der Waals surface area contributed by atoms with Crippen molar-refractivity contribution in [2.75, 3.05) is 34.3 Å². The number of likely N-dealkylation sites (N-methyl/N-ethyl adjacent to an activating group) is 1. The first-order valence-corrected chi connectivity index (χ1v) is 23.1. The molecule has 1 unspecified atom stereocenters. The predicted octanol–water partition coefficient (Wildman–Crippen LogP) is 11.6. The molecule has 0 saturated heterocycles. The Morgan fingerprint density at radius 1 is 0.731 bits per heavy atom. The minimum atomic E-state index is -5.61. The Morgan fingerprint density at radius 2 is 1.12 bits per heavy atom. The molecule has 0 heterocycles. The quantitative estimate of drug-likeness (QED) is 0.0282. The van der Waals surface area contributed by atoms with Gasteiger partial charge in [-0.1, -0.05) is 180 Å². The number of amides is 1. The Labute approximate surface area is 319 Å². The molecule has 0 aromatic carbocycles. The molecule has 310 valence electrons. The highest BCUT2D eigenvalue weighted by molar-refractivity contribution is 7.52. The van der Waals surface area contributed by atoms with Crippen LogP contribution in [0.3, 0.4) is 0 Å². The zero-order chi connectivity index (χ0) is 39.0. The van der Waals surface area contributed by atoms with Crippen LogP contribution in [0.2, 0.25) is 0 Å². The largest absolute Gasteiger partial charge is 0.774 e. The van der Waals surface area contributed by atoms with E-state index in [1.54, 1.807) is 27.2 Å². The summed E-state index contributed by atoms with van der Waals surface area (Å²) >= 11 is 0. The smallest absolute Gasteiger partial charge is 0.311 e. The summed E-state index contributed by atoms with van der Waals surface area (Å²) in [5, 5.41) is 13.4.